The fourth-order valence-electron chi connectivity index (χ4n) is 7.37. The fraction of sp³-hybridized carbons (Fsp3) is 0. The van der Waals surface area contributed by atoms with Crippen LogP contribution in [0.3, 0.4) is 0 Å². The Morgan fingerprint density at radius 1 is 0.404 bits per heavy atom. The van der Waals surface area contributed by atoms with Crippen LogP contribution in [0.25, 0.3) is 81.0 Å². The average Bonchev–Trinajstić information content (AvgIpc) is 3.97. The summed E-state index contributed by atoms with van der Waals surface area (Å²) < 4.78 is 165. The summed E-state index contributed by atoms with van der Waals surface area (Å²) in [5, 5.41) is 3.48. The molecule has 0 aliphatic heterocycles. The van der Waals surface area contributed by atoms with E-state index >= 15 is 0 Å². The highest BCUT2D eigenvalue weighted by Gasteiger charge is 2.20. The van der Waals surface area contributed by atoms with Gasteiger partial charge in [0, 0.05) is 59.3 Å². The molecule has 0 amide bonds. The quantitative estimate of drug-likeness (QED) is 0.157. The maximum Gasteiger partial charge on any atom is 0.0645 e. The molecule has 0 aliphatic rings. The molecule has 0 bridgehead atoms. The molecular weight excluding hydrogens is 709 g/mol. The third kappa shape index (κ3) is 5.80. The lowest BCUT2D eigenvalue weighted by atomic mass is 9.99. The van der Waals surface area contributed by atoms with Gasteiger partial charge in [-0.05, 0) is 94.5 Å². The normalized spacial score (nSPS) is 15.9. The van der Waals surface area contributed by atoms with Crippen LogP contribution in [-0.4, -0.2) is 4.57 Å². The van der Waals surface area contributed by atoms with Crippen LogP contribution in [0.15, 0.2) is 218 Å². The summed E-state index contributed by atoms with van der Waals surface area (Å²) in [4.78, 5) is 1.07. The number of nitrogens with zero attached hydrogens (tertiary/aromatic N) is 2. The number of para-hydroxylation sites is 2. The topological polar surface area (TPSA) is 8.17 Å². The van der Waals surface area contributed by atoms with Gasteiger partial charge in [0.2, 0.25) is 0 Å². The number of hydrogen-bond acceptors (Lipinski definition) is 2. The van der Waals surface area contributed by atoms with Gasteiger partial charge in [-0.3, -0.25) is 0 Å². The van der Waals surface area contributed by atoms with Gasteiger partial charge in [0.1, 0.15) is 0 Å². The van der Waals surface area contributed by atoms with Gasteiger partial charge in [-0.1, -0.05) is 151 Å². The number of thiophene rings is 1. The third-order valence-electron chi connectivity index (χ3n) is 9.89. The predicted octanol–water partition coefficient (Wildman–Crippen LogP) is 15.6. The van der Waals surface area contributed by atoms with Crippen LogP contribution in [0, 0.1) is 0 Å². The molecule has 0 N–H and O–H groups in total. The highest BCUT2D eigenvalue weighted by atomic mass is 32.1. The van der Waals surface area contributed by atoms with Crippen LogP contribution in [-0.2, 0) is 0 Å². The lowest BCUT2D eigenvalue weighted by molar-refractivity contribution is 1.18. The van der Waals surface area contributed by atoms with Gasteiger partial charge in [-0.25, -0.2) is 0 Å². The van der Waals surface area contributed by atoms with Crippen molar-refractivity contribution in [1.82, 2.24) is 4.57 Å². The summed E-state index contributed by atoms with van der Waals surface area (Å²) in [5.74, 6) is 0. The summed E-state index contributed by atoms with van der Waals surface area (Å²) in [5.41, 5.74) is 0.383. The van der Waals surface area contributed by atoms with E-state index in [0.29, 0.717) is 16.5 Å². The maximum absolute atomic E-state index is 9.70. The highest BCUT2D eigenvalue weighted by Crippen LogP contribution is 2.46. The van der Waals surface area contributed by atoms with Crippen LogP contribution in [0.1, 0.15) is 24.7 Å². The van der Waals surface area contributed by atoms with E-state index in [1.54, 1.807) is 12.1 Å². The molecule has 0 saturated heterocycles. The summed E-state index contributed by atoms with van der Waals surface area (Å²) in [6.07, 6.45) is 0. The van der Waals surface area contributed by atoms with E-state index in [4.69, 9.17) is 13.7 Å². The zero-order valence-corrected chi connectivity index (χ0v) is 30.5. The molecule has 0 fully saturated rings. The second-order valence-corrected chi connectivity index (χ2v) is 14.2. The van der Waals surface area contributed by atoms with Crippen molar-refractivity contribution in [2.75, 3.05) is 4.90 Å². The molecule has 2 aromatic heterocycles. The van der Waals surface area contributed by atoms with Crippen molar-refractivity contribution < 1.29 is 24.7 Å². The number of aromatic nitrogens is 1. The number of rotatable bonds is 7. The molecule has 0 radical (unpaired) electrons. The summed E-state index contributed by atoms with van der Waals surface area (Å²) >= 11 is 1.48. The Morgan fingerprint density at radius 2 is 0.930 bits per heavy atom. The Kier molecular flexibility index (Phi) is 4.75. The van der Waals surface area contributed by atoms with E-state index in [1.165, 1.54) is 11.3 Å². The first-order valence-electron chi connectivity index (χ1n) is 27.0. The molecule has 2 heterocycles. The molecule has 11 aromatic rings. The minimum atomic E-state index is -0.846. The second-order valence-electron chi connectivity index (χ2n) is 13.2. The van der Waals surface area contributed by atoms with Crippen molar-refractivity contribution >= 4 is 70.4 Å². The largest absolute Gasteiger partial charge is 0.310 e. The monoisotopic (exact) mass is 762 g/mol. The number of anilines is 3. The maximum atomic E-state index is 9.70. The molecule has 0 aliphatic carbocycles. The van der Waals surface area contributed by atoms with Crippen molar-refractivity contribution in [3.63, 3.8) is 0 Å². The fourth-order valence-corrected chi connectivity index (χ4v) is 8.59. The van der Waals surface area contributed by atoms with Gasteiger partial charge in [-0.15, -0.1) is 11.3 Å². The Bertz CT molecular complexity index is 4010. The molecule has 268 valence electrons. The molecular formula is C54H36N2S. The zero-order chi connectivity index (χ0) is 53.4. The molecule has 0 unspecified atom stereocenters. The first-order chi connectivity index (χ1) is 35.8. The lowest BCUT2D eigenvalue weighted by Crippen LogP contribution is -2.10. The third-order valence-corrected chi connectivity index (χ3v) is 11.1. The molecule has 2 nitrogen and oxygen atoms in total. The number of hydrogen-bond donors (Lipinski definition) is 0. The van der Waals surface area contributed by atoms with Gasteiger partial charge in [-0.2, -0.15) is 0 Å². The van der Waals surface area contributed by atoms with E-state index in [0.717, 1.165) is 47.2 Å². The first-order valence-corrected chi connectivity index (χ1v) is 18.8. The SMILES string of the molecule is [2H]c1c([2H])c([2H])c(-c2c([2H])c([2H])c(N(c3cc(-c4cccc(-n5c6ccccc6c6ccccc65)c4)c4sc5ccccc5c4c3)c3c([2H])c([2H])c(-c4c([2H])c([2H])c([2H])c([2H])c4[2H])c([2H])c3[2H])c([2H])c2[2H])c([2H])c1[2H]. The van der Waals surface area contributed by atoms with Gasteiger partial charge in [0.25, 0.3) is 0 Å². The number of benzene rings is 9. The van der Waals surface area contributed by atoms with Crippen LogP contribution in [0.5, 0.6) is 0 Å². The van der Waals surface area contributed by atoms with Crippen molar-refractivity contribution in [2.24, 2.45) is 0 Å². The second kappa shape index (κ2) is 13.8. The van der Waals surface area contributed by atoms with Crippen molar-refractivity contribution in [3.8, 4) is 39.1 Å². The van der Waals surface area contributed by atoms with Crippen LogP contribution in [0.4, 0.5) is 17.1 Å². The molecule has 0 spiro atoms. The first kappa shape index (κ1) is 19.6. The Hall–Kier alpha value is -7.20. The number of fused-ring (bicyclic) bond motifs is 6. The molecule has 0 atom stereocenters. The average molecular weight is 763 g/mol. The Labute approximate surface area is 361 Å². The summed E-state index contributed by atoms with van der Waals surface area (Å²) in [6.45, 7) is 0. The Balaban J connectivity index is 1.25. The molecule has 0 saturated carbocycles. The van der Waals surface area contributed by atoms with E-state index in [2.05, 4.69) is 16.7 Å². The highest BCUT2D eigenvalue weighted by molar-refractivity contribution is 7.26. The predicted molar refractivity (Wildman–Crippen MR) is 245 cm³/mol. The van der Waals surface area contributed by atoms with Gasteiger partial charge in [0.15, 0.2) is 0 Å². The molecule has 3 heteroatoms. The van der Waals surface area contributed by atoms with Gasteiger partial charge >= 0.3 is 0 Å². The van der Waals surface area contributed by atoms with Crippen LogP contribution < -0.4 is 4.90 Å². The van der Waals surface area contributed by atoms with Crippen molar-refractivity contribution in [3.05, 3.63) is 218 Å². The summed E-state index contributed by atoms with van der Waals surface area (Å²) in [7, 11) is 0. The molecule has 57 heavy (non-hydrogen) atoms. The van der Waals surface area contributed by atoms with Crippen molar-refractivity contribution in [2.45, 2.75) is 0 Å². The minimum absolute atomic E-state index is 0.0380. The summed E-state index contributed by atoms with van der Waals surface area (Å²) in [6, 6.07) is 20.3. The van der Waals surface area contributed by atoms with E-state index in [1.807, 2.05) is 84.9 Å². The smallest absolute Gasteiger partial charge is 0.0645 e. The Morgan fingerprint density at radius 3 is 1.53 bits per heavy atom. The van der Waals surface area contributed by atoms with E-state index in [-0.39, 0.29) is 5.69 Å². The van der Waals surface area contributed by atoms with Crippen LogP contribution >= 0.6 is 11.3 Å². The molecule has 11 rings (SSSR count). The van der Waals surface area contributed by atoms with E-state index < -0.39 is 142 Å². The lowest BCUT2D eigenvalue weighted by Gasteiger charge is -2.27. The van der Waals surface area contributed by atoms with Crippen LogP contribution in [0.2, 0.25) is 0 Å². The van der Waals surface area contributed by atoms with Gasteiger partial charge < -0.3 is 9.47 Å². The molecule has 9 aromatic carbocycles. The van der Waals surface area contributed by atoms with Gasteiger partial charge in [0.05, 0.1) is 35.7 Å². The van der Waals surface area contributed by atoms with E-state index in [9.17, 15) is 11.0 Å². The minimum Gasteiger partial charge on any atom is -0.310 e. The standard InChI is InChI=1S/C54H36N2S/c1-3-14-37(15-4-1)39-26-30-42(31-27-39)55(43-32-28-40(29-33-43)38-16-5-2-6-17-38)45-35-49(54-50(36-45)48-22-9-12-25-53(48)57-54)41-18-13-19-44(34-41)56-51-23-10-7-20-46(51)47-21-8-11-24-52(47)56/h1-36H/i1D,2D,3D,4D,5D,6D,14D,15D,16D,17D,26D,27D,28D,29D,30D,31D,32D,33D. The zero-order valence-electron chi connectivity index (χ0n) is 47.7. The van der Waals surface area contributed by atoms with Crippen molar-refractivity contribution in [1.29, 1.82) is 0 Å².